The molecule has 0 aliphatic carbocycles. The molecule has 0 atom stereocenters. The molecule has 0 radical (unpaired) electrons. The fraction of sp³-hybridized carbons (Fsp3) is 0.818. The largest absolute Gasteiger partial charge is 0.343 e. The molecule has 0 heterocycles. The second-order valence-electron chi connectivity index (χ2n) is 6.99. The van der Waals surface area contributed by atoms with Crippen LogP contribution in [0.1, 0.15) is 80.1 Å². The lowest BCUT2D eigenvalue weighted by Crippen LogP contribution is -2.30. The van der Waals surface area contributed by atoms with Gasteiger partial charge < -0.3 is 9.80 Å². The summed E-state index contributed by atoms with van der Waals surface area (Å²) in [6.07, 6.45) is 5.85. The number of aliphatic imine (C=N–C) groups is 2. The fourth-order valence-electron chi connectivity index (χ4n) is 3.28. The van der Waals surface area contributed by atoms with Crippen LogP contribution in [-0.2, 0) is 9.59 Å². The quantitative estimate of drug-likeness (QED) is 0.311. The number of carbonyl (C=O) groups is 2. The van der Waals surface area contributed by atoms with E-state index in [4.69, 9.17) is 0 Å². The Bertz CT molecular complexity index is 469. The van der Waals surface area contributed by atoms with Crippen molar-refractivity contribution in [2.75, 3.05) is 39.3 Å². The lowest BCUT2D eigenvalue weighted by molar-refractivity contribution is -0.129. The van der Waals surface area contributed by atoms with Crippen molar-refractivity contribution in [3.8, 4) is 0 Å². The number of rotatable bonds is 15. The Morgan fingerprint density at radius 1 is 0.643 bits per heavy atom. The molecule has 0 fully saturated rings. The van der Waals surface area contributed by atoms with Gasteiger partial charge in [-0.1, -0.05) is 0 Å². The molecule has 0 unspecified atom stereocenters. The van der Waals surface area contributed by atoms with Gasteiger partial charge in [0, 0.05) is 77.4 Å². The van der Waals surface area contributed by atoms with Crippen LogP contribution in [-0.4, -0.2) is 72.3 Å². The van der Waals surface area contributed by atoms with E-state index in [2.05, 4.69) is 23.8 Å². The SMILES string of the molecule is CCN=C(CCCCC(CCN(CC)C(C)=O)=NCC)CCN(CC)C(C)=O. The number of unbranched alkanes of at least 4 members (excludes halogenated alkanes) is 1. The third-order valence-electron chi connectivity index (χ3n) is 4.94. The Morgan fingerprint density at radius 3 is 1.25 bits per heavy atom. The summed E-state index contributed by atoms with van der Waals surface area (Å²) in [7, 11) is 0. The first-order valence-electron chi connectivity index (χ1n) is 10.9. The molecule has 0 aromatic carbocycles. The molecule has 0 saturated carbocycles. The van der Waals surface area contributed by atoms with Gasteiger partial charge in [0.15, 0.2) is 0 Å². The van der Waals surface area contributed by atoms with E-state index >= 15 is 0 Å². The van der Waals surface area contributed by atoms with Gasteiger partial charge in [0.2, 0.25) is 11.8 Å². The van der Waals surface area contributed by atoms with Gasteiger partial charge in [-0.15, -0.1) is 0 Å². The second-order valence-corrected chi connectivity index (χ2v) is 6.99. The molecule has 0 N–H and O–H groups in total. The van der Waals surface area contributed by atoms with Crippen LogP contribution in [0.4, 0.5) is 0 Å². The topological polar surface area (TPSA) is 65.3 Å². The van der Waals surface area contributed by atoms with Crippen LogP contribution in [0.25, 0.3) is 0 Å². The van der Waals surface area contributed by atoms with Crippen molar-refractivity contribution in [2.24, 2.45) is 9.98 Å². The summed E-state index contributed by atoms with van der Waals surface area (Å²) in [4.78, 5) is 36.1. The summed E-state index contributed by atoms with van der Waals surface area (Å²) in [5, 5.41) is 0. The molecule has 0 spiro atoms. The highest BCUT2D eigenvalue weighted by atomic mass is 16.2. The third kappa shape index (κ3) is 11.9. The summed E-state index contributed by atoms with van der Waals surface area (Å²) in [6, 6.07) is 0. The van der Waals surface area contributed by atoms with E-state index < -0.39 is 0 Å². The monoisotopic (exact) mass is 394 g/mol. The molecule has 0 rings (SSSR count). The van der Waals surface area contributed by atoms with Crippen molar-refractivity contribution in [3.63, 3.8) is 0 Å². The van der Waals surface area contributed by atoms with Gasteiger partial charge in [-0.25, -0.2) is 0 Å². The first-order valence-corrected chi connectivity index (χ1v) is 10.9. The maximum absolute atomic E-state index is 11.6. The van der Waals surface area contributed by atoms with Gasteiger partial charge in [-0.3, -0.25) is 19.6 Å². The predicted octanol–water partition coefficient (Wildman–Crippen LogP) is 3.99. The minimum absolute atomic E-state index is 0.130. The van der Waals surface area contributed by atoms with Crippen LogP contribution in [0.2, 0.25) is 0 Å². The summed E-state index contributed by atoms with van der Waals surface area (Å²) < 4.78 is 0. The second kappa shape index (κ2) is 16.3. The molecule has 0 bridgehead atoms. The highest BCUT2D eigenvalue weighted by Crippen LogP contribution is 2.09. The zero-order valence-corrected chi connectivity index (χ0v) is 19.1. The van der Waals surface area contributed by atoms with Crippen molar-refractivity contribution in [1.82, 2.24) is 9.80 Å². The summed E-state index contributed by atoms with van der Waals surface area (Å²) in [5.74, 6) is 0.260. The first-order chi connectivity index (χ1) is 13.4. The van der Waals surface area contributed by atoms with Gasteiger partial charge >= 0.3 is 0 Å². The maximum atomic E-state index is 11.6. The summed E-state index contributed by atoms with van der Waals surface area (Å²) in [6.45, 7) is 16.0. The predicted molar refractivity (Wildman–Crippen MR) is 120 cm³/mol. The van der Waals surface area contributed by atoms with E-state index in [9.17, 15) is 9.59 Å². The molecule has 6 nitrogen and oxygen atoms in total. The molecule has 28 heavy (non-hydrogen) atoms. The van der Waals surface area contributed by atoms with E-state index in [-0.39, 0.29) is 11.8 Å². The van der Waals surface area contributed by atoms with Crippen LogP contribution in [0, 0.1) is 0 Å². The van der Waals surface area contributed by atoms with Crippen LogP contribution >= 0.6 is 0 Å². The Morgan fingerprint density at radius 2 is 1.00 bits per heavy atom. The minimum atomic E-state index is 0.130. The smallest absolute Gasteiger partial charge is 0.219 e. The van der Waals surface area contributed by atoms with E-state index in [0.717, 1.165) is 77.8 Å². The standard InChI is InChI=1S/C22H42N4O2/c1-7-23-21(15-17-25(9-3)19(5)27)13-11-12-14-22(24-8-2)16-18-26(10-4)20(6)28/h7-18H2,1-6H3. The highest BCUT2D eigenvalue weighted by molar-refractivity contribution is 5.86. The van der Waals surface area contributed by atoms with Crippen LogP contribution in [0.3, 0.4) is 0 Å². The lowest BCUT2D eigenvalue weighted by Gasteiger charge is -2.20. The highest BCUT2D eigenvalue weighted by Gasteiger charge is 2.10. The fourth-order valence-corrected chi connectivity index (χ4v) is 3.28. The molecule has 0 aromatic heterocycles. The van der Waals surface area contributed by atoms with Crippen LogP contribution < -0.4 is 0 Å². The Balaban J connectivity index is 4.43. The van der Waals surface area contributed by atoms with Gasteiger partial charge in [0.05, 0.1) is 0 Å². The van der Waals surface area contributed by atoms with Crippen molar-refractivity contribution in [2.45, 2.75) is 80.1 Å². The number of nitrogens with zero attached hydrogens (tertiary/aromatic N) is 4. The Kier molecular flexibility index (Phi) is 15.3. The molecule has 162 valence electrons. The van der Waals surface area contributed by atoms with Crippen molar-refractivity contribution < 1.29 is 9.59 Å². The molecule has 0 aliphatic heterocycles. The number of carbonyl (C=O) groups excluding carboxylic acids is 2. The molecule has 0 aliphatic rings. The van der Waals surface area contributed by atoms with E-state index in [1.54, 1.807) is 13.8 Å². The van der Waals surface area contributed by atoms with Crippen molar-refractivity contribution >= 4 is 23.2 Å². The van der Waals surface area contributed by atoms with Crippen LogP contribution in [0.5, 0.6) is 0 Å². The zero-order valence-electron chi connectivity index (χ0n) is 19.1. The molecule has 0 aromatic rings. The molecular formula is C22H42N4O2. The average molecular weight is 395 g/mol. The number of hydrogen-bond acceptors (Lipinski definition) is 4. The van der Waals surface area contributed by atoms with E-state index in [1.807, 2.05) is 23.6 Å². The lowest BCUT2D eigenvalue weighted by atomic mass is 10.0. The van der Waals surface area contributed by atoms with Crippen molar-refractivity contribution in [1.29, 1.82) is 0 Å². The Hall–Kier alpha value is -1.72. The summed E-state index contributed by atoms with van der Waals surface area (Å²) in [5.41, 5.74) is 2.43. The molecule has 6 heteroatoms. The minimum Gasteiger partial charge on any atom is -0.343 e. The normalized spacial score (nSPS) is 12.2. The zero-order chi connectivity index (χ0) is 21.4. The van der Waals surface area contributed by atoms with E-state index in [0.29, 0.717) is 0 Å². The number of hydrogen-bond donors (Lipinski definition) is 0. The van der Waals surface area contributed by atoms with Crippen molar-refractivity contribution in [3.05, 3.63) is 0 Å². The van der Waals surface area contributed by atoms with Crippen LogP contribution in [0.15, 0.2) is 9.98 Å². The maximum Gasteiger partial charge on any atom is 0.219 e. The Labute approximate surface area is 172 Å². The van der Waals surface area contributed by atoms with Gasteiger partial charge in [-0.2, -0.15) is 0 Å². The number of amides is 2. The third-order valence-corrected chi connectivity index (χ3v) is 4.94. The first kappa shape index (κ1) is 26.3. The summed E-state index contributed by atoms with van der Waals surface area (Å²) >= 11 is 0. The van der Waals surface area contributed by atoms with Gasteiger partial charge in [0.1, 0.15) is 0 Å². The molecule has 0 saturated heterocycles. The molecular weight excluding hydrogens is 352 g/mol. The average Bonchev–Trinajstić information content (AvgIpc) is 2.65. The molecule has 2 amide bonds. The van der Waals surface area contributed by atoms with Gasteiger partial charge in [0.25, 0.3) is 0 Å². The van der Waals surface area contributed by atoms with E-state index in [1.165, 1.54) is 11.4 Å². The van der Waals surface area contributed by atoms with Gasteiger partial charge in [-0.05, 0) is 53.4 Å².